The van der Waals surface area contributed by atoms with E-state index in [1.165, 1.54) is 4.90 Å². The molecule has 0 radical (unpaired) electrons. The van der Waals surface area contributed by atoms with E-state index in [0.717, 1.165) is 11.1 Å². The summed E-state index contributed by atoms with van der Waals surface area (Å²) in [4.78, 5) is 25.3. The van der Waals surface area contributed by atoms with Gasteiger partial charge in [0.2, 0.25) is 5.91 Å². The van der Waals surface area contributed by atoms with E-state index in [2.05, 4.69) is 5.32 Å². The van der Waals surface area contributed by atoms with Gasteiger partial charge < -0.3 is 10.1 Å². The Morgan fingerprint density at radius 1 is 1.07 bits per heavy atom. The standard InChI is InChI=1S/C21H24N2O5S/c24-20(16-29(26,27)13-5-9-17-6-2-1-3-7-17)22-15-18-8-4-10-19(14-18)23-11-12-28-21(23)25/h1-4,6-8,10,14H,5,9,11-13,15-16H2,(H,22,24). The minimum absolute atomic E-state index is 0.0259. The molecule has 1 heterocycles. The summed E-state index contributed by atoms with van der Waals surface area (Å²) in [6, 6.07) is 16.8. The Bertz CT molecular complexity index is 960. The van der Waals surface area contributed by atoms with Crippen molar-refractivity contribution in [1.29, 1.82) is 0 Å². The van der Waals surface area contributed by atoms with Gasteiger partial charge in [-0.3, -0.25) is 9.69 Å². The maximum atomic E-state index is 12.2. The number of nitrogens with zero attached hydrogens (tertiary/aromatic N) is 1. The summed E-state index contributed by atoms with van der Waals surface area (Å²) in [6.45, 7) is 1.02. The minimum Gasteiger partial charge on any atom is -0.447 e. The number of cyclic esters (lactones) is 1. The molecule has 0 bridgehead atoms. The molecule has 2 amide bonds. The lowest BCUT2D eigenvalue weighted by atomic mass is 10.1. The van der Waals surface area contributed by atoms with Gasteiger partial charge in [-0.25, -0.2) is 13.2 Å². The average Bonchev–Trinajstić information content (AvgIpc) is 3.13. The highest BCUT2D eigenvalue weighted by molar-refractivity contribution is 7.92. The number of nitrogens with one attached hydrogen (secondary N) is 1. The molecule has 29 heavy (non-hydrogen) atoms. The van der Waals surface area contributed by atoms with Gasteiger partial charge in [-0.1, -0.05) is 42.5 Å². The van der Waals surface area contributed by atoms with Crippen molar-refractivity contribution in [1.82, 2.24) is 5.32 Å². The molecule has 8 heteroatoms. The summed E-state index contributed by atoms with van der Waals surface area (Å²) >= 11 is 0. The summed E-state index contributed by atoms with van der Waals surface area (Å²) in [5.41, 5.74) is 2.54. The fourth-order valence-electron chi connectivity index (χ4n) is 3.13. The van der Waals surface area contributed by atoms with Crippen molar-refractivity contribution < 1.29 is 22.7 Å². The summed E-state index contributed by atoms with van der Waals surface area (Å²) in [7, 11) is -3.47. The van der Waals surface area contributed by atoms with Crippen LogP contribution in [0.3, 0.4) is 0 Å². The highest BCUT2D eigenvalue weighted by atomic mass is 32.2. The zero-order chi connectivity index (χ0) is 20.7. The van der Waals surface area contributed by atoms with Crippen LogP contribution in [0, 0.1) is 0 Å². The number of hydrogen-bond donors (Lipinski definition) is 1. The van der Waals surface area contributed by atoms with Crippen molar-refractivity contribution in [2.24, 2.45) is 0 Å². The molecule has 0 aliphatic carbocycles. The van der Waals surface area contributed by atoms with Gasteiger partial charge in [-0.2, -0.15) is 0 Å². The molecule has 154 valence electrons. The van der Waals surface area contributed by atoms with Crippen LogP contribution in [0.1, 0.15) is 17.5 Å². The largest absolute Gasteiger partial charge is 0.447 e. The zero-order valence-corrected chi connectivity index (χ0v) is 16.9. The SMILES string of the molecule is O=C(CS(=O)(=O)CCCc1ccccc1)NCc1cccc(N2CCOC2=O)c1. The highest BCUT2D eigenvalue weighted by Crippen LogP contribution is 2.19. The number of amides is 2. The molecule has 0 saturated carbocycles. The van der Waals surface area contributed by atoms with E-state index >= 15 is 0 Å². The number of aryl methyl sites for hydroxylation is 1. The summed E-state index contributed by atoms with van der Waals surface area (Å²) in [5, 5.41) is 2.64. The summed E-state index contributed by atoms with van der Waals surface area (Å²) in [6.07, 6.45) is 0.744. The van der Waals surface area contributed by atoms with Crippen LogP contribution < -0.4 is 10.2 Å². The molecule has 1 N–H and O–H groups in total. The Hall–Kier alpha value is -2.87. The number of anilines is 1. The maximum absolute atomic E-state index is 12.2. The topological polar surface area (TPSA) is 92.8 Å². The molecule has 2 aromatic rings. The molecule has 0 spiro atoms. The Morgan fingerprint density at radius 3 is 2.55 bits per heavy atom. The molecule has 1 aliphatic rings. The van der Waals surface area contributed by atoms with Gasteiger partial charge in [0.25, 0.3) is 0 Å². The molecule has 1 saturated heterocycles. The van der Waals surface area contributed by atoms with E-state index in [1.807, 2.05) is 30.3 Å². The van der Waals surface area contributed by atoms with Crippen LogP contribution in [0.5, 0.6) is 0 Å². The number of rotatable bonds is 9. The third-order valence-electron chi connectivity index (χ3n) is 4.59. The molecule has 1 fully saturated rings. The van der Waals surface area contributed by atoms with E-state index < -0.39 is 27.6 Å². The van der Waals surface area contributed by atoms with Gasteiger partial charge in [0.05, 0.1) is 12.3 Å². The quantitative estimate of drug-likeness (QED) is 0.677. The molecule has 7 nitrogen and oxygen atoms in total. The first-order valence-corrected chi connectivity index (χ1v) is 11.3. The van der Waals surface area contributed by atoms with E-state index in [9.17, 15) is 18.0 Å². The fraction of sp³-hybridized carbons (Fsp3) is 0.333. The lowest BCUT2D eigenvalue weighted by Gasteiger charge is -2.14. The van der Waals surface area contributed by atoms with Crippen LogP contribution >= 0.6 is 0 Å². The molecule has 0 aromatic heterocycles. The molecule has 3 rings (SSSR count). The second-order valence-corrected chi connectivity index (χ2v) is 9.08. The first-order valence-electron chi connectivity index (χ1n) is 9.47. The Labute approximate surface area is 170 Å². The van der Waals surface area contributed by atoms with E-state index in [1.54, 1.807) is 24.3 Å². The molecule has 0 unspecified atom stereocenters. The number of sulfone groups is 1. The van der Waals surface area contributed by atoms with Crippen LogP contribution in [-0.2, 0) is 32.3 Å². The van der Waals surface area contributed by atoms with E-state index in [0.29, 0.717) is 31.7 Å². The Kier molecular flexibility index (Phi) is 6.87. The molecule has 0 atom stereocenters. The average molecular weight is 416 g/mol. The Morgan fingerprint density at radius 2 is 1.83 bits per heavy atom. The van der Waals surface area contributed by atoms with Crippen molar-refractivity contribution in [3.05, 3.63) is 65.7 Å². The van der Waals surface area contributed by atoms with Crippen LogP contribution in [0.4, 0.5) is 10.5 Å². The monoisotopic (exact) mass is 416 g/mol. The normalized spacial score (nSPS) is 13.9. The highest BCUT2D eigenvalue weighted by Gasteiger charge is 2.23. The summed E-state index contributed by atoms with van der Waals surface area (Å²) in [5.74, 6) is -1.09. The van der Waals surface area contributed by atoms with Gasteiger partial charge in [-0.15, -0.1) is 0 Å². The number of ether oxygens (including phenoxy) is 1. The number of carbonyl (C=O) groups excluding carboxylic acids is 2. The predicted octanol–water partition coefficient (Wildman–Crippen LogP) is 2.31. The number of carbonyl (C=O) groups is 2. The lowest BCUT2D eigenvalue weighted by Crippen LogP contribution is -2.31. The van der Waals surface area contributed by atoms with Gasteiger partial charge in [-0.05, 0) is 36.1 Å². The second kappa shape index (κ2) is 9.56. The molecule has 2 aromatic carbocycles. The van der Waals surface area contributed by atoms with Gasteiger partial charge in [0.15, 0.2) is 9.84 Å². The number of hydrogen-bond acceptors (Lipinski definition) is 5. The Balaban J connectivity index is 1.46. The van der Waals surface area contributed by atoms with Crippen LogP contribution in [0.25, 0.3) is 0 Å². The molecule has 1 aliphatic heterocycles. The van der Waals surface area contributed by atoms with Gasteiger partial charge in [0.1, 0.15) is 12.4 Å². The second-order valence-electron chi connectivity index (χ2n) is 6.89. The summed E-state index contributed by atoms with van der Waals surface area (Å²) < 4.78 is 29.3. The molecular formula is C21H24N2O5S. The van der Waals surface area contributed by atoms with Crippen molar-refractivity contribution in [2.75, 3.05) is 29.6 Å². The lowest BCUT2D eigenvalue weighted by molar-refractivity contribution is -0.118. The van der Waals surface area contributed by atoms with Gasteiger partial charge in [0, 0.05) is 12.2 Å². The van der Waals surface area contributed by atoms with E-state index in [-0.39, 0.29) is 12.3 Å². The van der Waals surface area contributed by atoms with Crippen LogP contribution in [0.15, 0.2) is 54.6 Å². The van der Waals surface area contributed by atoms with Crippen molar-refractivity contribution in [3.8, 4) is 0 Å². The zero-order valence-electron chi connectivity index (χ0n) is 16.0. The third-order valence-corrected chi connectivity index (χ3v) is 6.20. The first kappa shape index (κ1) is 20.9. The maximum Gasteiger partial charge on any atom is 0.414 e. The molecular weight excluding hydrogens is 392 g/mol. The van der Waals surface area contributed by atoms with Crippen molar-refractivity contribution in [2.45, 2.75) is 19.4 Å². The van der Waals surface area contributed by atoms with Crippen LogP contribution in [-0.4, -0.2) is 45.1 Å². The van der Waals surface area contributed by atoms with Crippen LogP contribution in [0.2, 0.25) is 0 Å². The smallest absolute Gasteiger partial charge is 0.414 e. The third kappa shape index (κ3) is 6.32. The first-order chi connectivity index (χ1) is 13.9. The van der Waals surface area contributed by atoms with Crippen molar-refractivity contribution in [3.63, 3.8) is 0 Å². The number of benzene rings is 2. The van der Waals surface area contributed by atoms with Crippen molar-refractivity contribution >= 4 is 27.5 Å². The fourth-order valence-corrected chi connectivity index (χ4v) is 4.36. The minimum atomic E-state index is -3.47. The predicted molar refractivity (Wildman–Crippen MR) is 110 cm³/mol. The van der Waals surface area contributed by atoms with Gasteiger partial charge >= 0.3 is 6.09 Å². The van der Waals surface area contributed by atoms with E-state index in [4.69, 9.17) is 4.74 Å².